The summed E-state index contributed by atoms with van der Waals surface area (Å²) in [5.41, 5.74) is 0. The van der Waals surface area contributed by atoms with Crippen LogP contribution in [0.1, 0.15) is 168 Å². The Morgan fingerprint density at radius 1 is 0.481 bits per heavy atom. The molecule has 310 valence electrons. The minimum Gasteiger partial charge on any atom is -0.466 e. The molecule has 1 unspecified atom stereocenters. The van der Waals surface area contributed by atoms with E-state index in [1.165, 1.54) is 84.8 Å². The van der Waals surface area contributed by atoms with E-state index in [0.717, 1.165) is 90.5 Å². The zero-order valence-corrected chi connectivity index (χ0v) is 34.5. The van der Waals surface area contributed by atoms with Crippen molar-refractivity contribution in [3.05, 3.63) is 0 Å². The molecule has 0 spiro atoms. The van der Waals surface area contributed by atoms with Crippen molar-refractivity contribution in [1.82, 2.24) is 9.80 Å². The maximum atomic E-state index is 12.9. The topological polar surface area (TPSA) is 105 Å². The van der Waals surface area contributed by atoms with Crippen LogP contribution in [-0.4, -0.2) is 108 Å². The van der Waals surface area contributed by atoms with Gasteiger partial charge in [-0.1, -0.05) is 110 Å². The molecule has 0 rings (SSSR count). The molecule has 0 heterocycles. The Labute approximate surface area is 319 Å². The molecule has 0 aliphatic heterocycles. The predicted octanol–water partition coefficient (Wildman–Crippen LogP) is 9.21. The number of esters is 2. The third-order valence-corrected chi connectivity index (χ3v) is 9.38. The van der Waals surface area contributed by atoms with Gasteiger partial charge in [-0.3, -0.25) is 19.4 Å². The fraction of sp³-hybridized carbons (Fsp3) is 0.951. The predicted molar refractivity (Wildman–Crippen MR) is 209 cm³/mol. The molecule has 0 bridgehead atoms. The summed E-state index contributed by atoms with van der Waals surface area (Å²) in [6.45, 7) is 12.9. The van der Waals surface area contributed by atoms with Gasteiger partial charge in [0.05, 0.1) is 40.5 Å². The molecule has 0 amide bonds. The maximum Gasteiger partial charge on any atom is 0.308 e. The van der Waals surface area contributed by atoms with E-state index in [0.29, 0.717) is 45.9 Å². The van der Waals surface area contributed by atoms with Crippen molar-refractivity contribution in [2.75, 3.05) is 80.0 Å². The summed E-state index contributed by atoms with van der Waals surface area (Å²) in [4.78, 5) is 48.8. The highest BCUT2D eigenvalue weighted by atomic mass is 17.2. The number of carbonyl (C=O) groups excluding carboxylic acids is 2. The fourth-order valence-electron chi connectivity index (χ4n) is 6.10. The van der Waals surface area contributed by atoms with Crippen molar-refractivity contribution in [2.45, 2.75) is 175 Å². The van der Waals surface area contributed by atoms with Crippen LogP contribution in [0.15, 0.2) is 0 Å². The lowest BCUT2D eigenvalue weighted by atomic mass is 10.1. The first-order chi connectivity index (χ1) is 25.5. The van der Waals surface area contributed by atoms with E-state index in [9.17, 15) is 9.59 Å². The average Bonchev–Trinajstić information content (AvgIpc) is 3.13. The van der Waals surface area contributed by atoms with Gasteiger partial charge in [0.1, 0.15) is 0 Å². The third kappa shape index (κ3) is 35.7. The zero-order valence-electron chi connectivity index (χ0n) is 34.5. The van der Waals surface area contributed by atoms with Gasteiger partial charge in [-0.25, -0.2) is 19.6 Å². The first-order valence-electron chi connectivity index (χ1n) is 21.2. The van der Waals surface area contributed by atoms with Crippen LogP contribution in [0.2, 0.25) is 0 Å². The lowest BCUT2D eigenvalue weighted by molar-refractivity contribution is -0.280. The highest BCUT2D eigenvalue weighted by Crippen LogP contribution is 2.13. The highest BCUT2D eigenvalue weighted by molar-refractivity contribution is 5.69. The van der Waals surface area contributed by atoms with Gasteiger partial charge in [0.25, 0.3) is 0 Å². The summed E-state index contributed by atoms with van der Waals surface area (Å²) in [6.07, 6.45) is 25.1. The van der Waals surface area contributed by atoms with Crippen LogP contribution < -0.4 is 0 Å². The van der Waals surface area contributed by atoms with Crippen molar-refractivity contribution in [3.8, 4) is 0 Å². The minimum absolute atomic E-state index is 0.0632. The summed E-state index contributed by atoms with van der Waals surface area (Å²) in [6, 6.07) is 0. The lowest BCUT2D eigenvalue weighted by Gasteiger charge is -2.29. The second kappa shape index (κ2) is 40.8. The molecule has 0 saturated heterocycles. The van der Waals surface area contributed by atoms with Crippen LogP contribution in [0.3, 0.4) is 0 Å². The quantitative estimate of drug-likeness (QED) is 0.0196. The normalized spacial score (nSPS) is 12.2. The largest absolute Gasteiger partial charge is 0.466 e. The summed E-state index contributed by atoms with van der Waals surface area (Å²) >= 11 is 0. The molecule has 0 saturated carbocycles. The molecule has 0 aliphatic carbocycles. The van der Waals surface area contributed by atoms with Crippen LogP contribution in [0, 0.1) is 0 Å². The van der Waals surface area contributed by atoms with Crippen LogP contribution in [0.5, 0.6) is 0 Å². The van der Waals surface area contributed by atoms with Crippen molar-refractivity contribution in [3.63, 3.8) is 0 Å². The van der Waals surface area contributed by atoms with E-state index in [1.807, 2.05) is 6.92 Å². The third-order valence-electron chi connectivity index (χ3n) is 9.38. The summed E-state index contributed by atoms with van der Waals surface area (Å²) in [7, 11) is 2.95. The Morgan fingerprint density at radius 2 is 0.942 bits per heavy atom. The number of hydrogen-bond acceptors (Lipinski definition) is 11. The molecule has 1 atom stereocenters. The summed E-state index contributed by atoms with van der Waals surface area (Å²) < 4.78 is 17.3. The molecule has 0 aromatic heterocycles. The van der Waals surface area contributed by atoms with E-state index in [-0.39, 0.29) is 24.6 Å². The van der Waals surface area contributed by atoms with E-state index in [2.05, 4.69) is 23.6 Å². The Kier molecular flexibility index (Phi) is 39.8. The van der Waals surface area contributed by atoms with Gasteiger partial charge in [0, 0.05) is 52.4 Å². The van der Waals surface area contributed by atoms with Gasteiger partial charge in [-0.05, 0) is 45.4 Å². The van der Waals surface area contributed by atoms with Crippen molar-refractivity contribution >= 4 is 11.9 Å². The Morgan fingerprint density at radius 3 is 1.46 bits per heavy atom. The summed E-state index contributed by atoms with van der Waals surface area (Å²) in [5, 5.41) is 0. The smallest absolute Gasteiger partial charge is 0.308 e. The molecule has 0 aromatic rings. The number of nitrogens with zero attached hydrogens (tertiary/aromatic N) is 2. The standard InChI is InChI=1S/C41H82N2O9/c1-6-8-10-12-14-18-24-34-48-35-25-19-16-22-29-43(30-23-17-20-26-36-49-40(44)27-21-15-13-11-9-7-2)39(3)52-41(45)28-31-42(32-37-50-46-4)33-38-51-47-5/h39H,6-38H2,1-5H3. The molecular weight excluding hydrogens is 664 g/mol. The Bertz CT molecular complexity index is 752. The Hall–Kier alpha value is -1.34. The van der Waals surface area contributed by atoms with E-state index in [1.54, 1.807) is 0 Å². The minimum atomic E-state index is -0.303. The van der Waals surface area contributed by atoms with Gasteiger partial charge in [-0.2, -0.15) is 0 Å². The van der Waals surface area contributed by atoms with Crippen LogP contribution in [0.25, 0.3) is 0 Å². The van der Waals surface area contributed by atoms with Crippen molar-refractivity contribution in [1.29, 1.82) is 0 Å². The summed E-state index contributed by atoms with van der Waals surface area (Å²) in [5.74, 6) is -0.282. The molecular formula is C41H82N2O9. The maximum absolute atomic E-state index is 12.9. The van der Waals surface area contributed by atoms with Crippen LogP contribution >= 0.6 is 0 Å². The fourth-order valence-corrected chi connectivity index (χ4v) is 6.10. The van der Waals surface area contributed by atoms with Gasteiger partial charge in [0.2, 0.25) is 0 Å². The van der Waals surface area contributed by atoms with Crippen LogP contribution in [-0.2, 0) is 43.3 Å². The van der Waals surface area contributed by atoms with Gasteiger partial charge in [0.15, 0.2) is 6.23 Å². The molecule has 11 heteroatoms. The number of rotatable bonds is 42. The van der Waals surface area contributed by atoms with E-state index < -0.39 is 0 Å². The SMILES string of the molecule is CCCCCCCCCOCCCCCCN(CCCCCCOC(=O)CCCCCCCC)C(C)OC(=O)CCN(CCOOC)CCOOC. The van der Waals surface area contributed by atoms with Crippen molar-refractivity contribution in [2.24, 2.45) is 0 Å². The monoisotopic (exact) mass is 747 g/mol. The second-order valence-corrected chi connectivity index (χ2v) is 14.0. The van der Waals surface area contributed by atoms with E-state index >= 15 is 0 Å². The molecule has 52 heavy (non-hydrogen) atoms. The van der Waals surface area contributed by atoms with Crippen molar-refractivity contribution < 1.29 is 43.3 Å². The van der Waals surface area contributed by atoms with Gasteiger partial charge >= 0.3 is 11.9 Å². The molecule has 0 radical (unpaired) electrons. The number of hydrogen-bond donors (Lipinski definition) is 0. The average molecular weight is 747 g/mol. The number of ether oxygens (including phenoxy) is 3. The number of unbranched alkanes of at least 4 members (excludes halogenated alkanes) is 17. The second-order valence-electron chi connectivity index (χ2n) is 14.0. The first kappa shape index (κ1) is 50.7. The molecule has 0 aromatic carbocycles. The number of carbonyl (C=O) groups is 2. The molecule has 0 fully saturated rings. The Balaban J connectivity index is 4.55. The zero-order chi connectivity index (χ0) is 38.2. The van der Waals surface area contributed by atoms with Gasteiger partial charge in [-0.15, -0.1) is 0 Å². The van der Waals surface area contributed by atoms with Crippen LogP contribution in [0.4, 0.5) is 0 Å². The molecule has 0 aliphatic rings. The molecule has 0 N–H and O–H groups in total. The van der Waals surface area contributed by atoms with E-state index in [4.69, 9.17) is 33.8 Å². The van der Waals surface area contributed by atoms with Gasteiger partial charge < -0.3 is 14.2 Å². The highest BCUT2D eigenvalue weighted by Gasteiger charge is 2.18. The molecule has 11 nitrogen and oxygen atoms in total. The first-order valence-corrected chi connectivity index (χ1v) is 21.2. The lowest BCUT2D eigenvalue weighted by Crippen LogP contribution is -2.39.